The van der Waals surface area contributed by atoms with Crippen molar-refractivity contribution in [2.75, 3.05) is 26.3 Å². The Hall–Kier alpha value is -1.51. The lowest BCUT2D eigenvalue weighted by Crippen LogP contribution is -2.32. The summed E-state index contributed by atoms with van der Waals surface area (Å²) in [5.41, 5.74) is 0.839. The van der Waals surface area contributed by atoms with Crippen molar-refractivity contribution in [1.82, 2.24) is 15.1 Å². The highest BCUT2D eigenvalue weighted by Gasteiger charge is 2.22. The molecular formula is C12H22N4O4. The number of aromatic nitrogens is 2. The molecule has 2 N–H and O–H groups in total. The quantitative estimate of drug-likeness (QED) is 0.387. The molecule has 20 heavy (non-hydrogen) atoms. The van der Waals surface area contributed by atoms with Crippen LogP contribution in [0.5, 0.6) is 0 Å². The minimum absolute atomic E-state index is 0.0153. The molecule has 1 heterocycles. The molecule has 8 heteroatoms. The fraction of sp³-hybridized carbons (Fsp3) is 0.750. The van der Waals surface area contributed by atoms with Gasteiger partial charge in [-0.05, 0) is 20.8 Å². The van der Waals surface area contributed by atoms with Crippen molar-refractivity contribution in [2.24, 2.45) is 0 Å². The number of hydrogen-bond donors (Lipinski definition) is 2. The first-order chi connectivity index (χ1) is 9.47. The molecule has 0 aliphatic rings. The highest BCUT2D eigenvalue weighted by Crippen LogP contribution is 2.21. The lowest BCUT2D eigenvalue weighted by molar-refractivity contribution is -0.386. The Morgan fingerprint density at radius 3 is 2.80 bits per heavy atom. The molecule has 0 aliphatic carbocycles. The molecule has 0 amide bonds. The van der Waals surface area contributed by atoms with Crippen LogP contribution in [0, 0.1) is 24.0 Å². The molecule has 0 saturated carbocycles. The van der Waals surface area contributed by atoms with E-state index in [-0.39, 0.29) is 12.2 Å². The third-order valence-electron chi connectivity index (χ3n) is 2.92. The minimum atomic E-state index is -0.658. The van der Waals surface area contributed by atoms with Gasteiger partial charge in [-0.25, -0.2) is 0 Å². The minimum Gasteiger partial charge on any atom is -0.390 e. The third kappa shape index (κ3) is 4.55. The maximum Gasteiger partial charge on any atom is 0.312 e. The molecular weight excluding hydrogens is 264 g/mol. The number of rotatable bonds is 9. The average Bonchev–Trinajstić information content (AvgIpc) is 2.64. The molecule has 1 unspecified atom stereocenters. The van der Waals surface area contributed by atoms with Crippen molar-refractivity contribution in [1.29, 1.82) is 0 Å². The third-order valence-corrected chi connectivity index (χ3v) is 2.92. The zero-order chi connectivity index (χ0) is 15.1. The number of nitro groups is 1. The summed E-state index contributed by atoms with van der Waals surface area (Å²) in [5.74, 6) is 0. The fourth-order valence-electron chi connectivity index (χ4n) is 1.95. The fourth-order valence-corrected chi connectivity index (χ4v) is 1.95. The van der Waals surface area contributed by atoms with E-state index in [9.17, 15) is 15.2 Å². The van der Waals surface area contributed by atoms with Gasteiger partial charge in [-0.1, -0.05) is 0 Å². The number of aryl methyl sites for hydroxylation is 1. The number of ether oxygens (including phenoxy) is 1. The predicted octanol–water partition coefficient (Wildman–Crippen LogP) is 0.395. The summed E-state index contributed by atoms with van der Waals surface area (Å²) < 4.78 is 6.64. The van der Waals surface area contributed by atoms with Crippen LogP contribution in [0.4, 0.5) is 5.69 Å². The number of nitrogens with zero attached hydrogens (tertiary/aromatic N) is 3. The Balaban J connectivity index is 2.48. The van der Waals surface area contributed by atoms with Crippen molar-refractivity contribution >= 4 is 5.69 Å². The van der Waals surface area contributed by atoms with Crippen LogP contribution >= 0.6 is 0 Å². The van der Waals surface area contributed by atoms with Gasteiger partial charge in [0.2, 0.25) is 0 Å². The van der Waals surface area contributed by atoms with Gasteiger partial charge < -0.3 is 15.2 Å². The molecule has 0 radical (unpaired) electrons. The normalized spacial score (nSPS) is 12.6. The second-order valence-corrected chi connectivity index (χ2v) is 4.51. The molecule has 0 spiro atoms. The summed E-state index contributed by atoms with van der Waals surface area (Å²) >= 11 is 0. The van der Waals surface area contributed by atoms with Gasteiger partial charge in [0.25, 0.3) is 0 Å². The first-order valence-electron chi connectivity index (χ1n) is 6.62. The SMILES string of the molecule is CCOCCNCC(O)Cn1nc(C)c([N+](=O)[O-])c1C. The highest BCUT2D eigenvalue weighted by molar-refractivity contribution is 5.39. The zero-order valence-corrected chi connectivity index (χ0v) is 12.1. The van der Waals surface area contributed by atoms with Crippen LogP contribution in [0.25, 0.3) is 0 Å². The molecule has 1 atom stereocenters. The van der Waals surface area contributed by atoms with Crippen LogP contribution in [-0.2, 0) is 11.3 Å². The first kappa shape index (κ1) is 16.5. The van der Waals surface area contributed by atoms with Crippen LogP contribution in [0.1, 0.15) is 18.3 Å². The molecule has 1 rings (SSSR count). The molecule has 0 saturated heterocycles. The Morgan fingerprint density at radius 2 is 2.25 bits per heavy atom. The van der Waals surface area contributed by atoms with E-state index in [1.165, 1.54) is 4.68 Å². The maximum absolute atomic E-state index is 10.9. The second-order valence-electron chi connectivity index (χ2n) is 4.51. The Kier molecular flexibility index (Phi) is 6.56. The highest BCUT2D eigenvalue weighted by atomic mass is 16.6. The van der Waals surface area contributed by atoms with Crippen LogP contribution < -0.4 is 5.32 Å². The molecule has 114 valence electrons. The summed E-state index contributed by atoms with van der Waals surface area (Å²) in [5, 5.41) is 27.9. The van der Waals surface area contributed by atoms with Crippen molar-refractivity contribution < 1.29 is 14.8 Å². The maximum atomic E-state index is 10.9. The lowest BCUT2D eigenvalue weighted by Gasteiger charge is -2.12. The van der Waals surface area contributed by atoms with E-state index in [0.29, 0.717) is 37.7 Å². The van der Waals surface area contributed by atoms with Gasteiger partial charge in [0, 0.05) is 19.7 Å². The molecule has 0 aromatic carbocycles. The van der Waals surface area contributed by atoms with Gasteiger partial charge in [0.05, 0.1) is 24.2 Å². The summed E-state index contributed by atoms with van der Waals surface area (Å²) in [4.78, 5) is 10.4. The smallest absolute Gasteiger partial charge is 0.312 e. The number of aliphatic hydroxyl groups excluding tert-OH is 1. The second kappa shape index (κ2) is 7.93. The Labute approximate surface area is 117 Å². The molecule has 1 aromatic heterocycles. The van der Waals surface area contributed by atoms with E-state index in [4.69, 9.17) is 4.74 Å². The standard InChI is InChI=1S/C12H22N4O4/c1-4-20-6-5-13-7-11(17)8-15-10(3)12(16(18)19)9(2)14-15/h11,13,17H,4-8H2,1-3H3. The predicted molar refractivity (Wildman–Crippen MR) is 73.7 cm³/mol. The van der Waals surface area contributed by atoms with Crippen molar-refractivity contribution in [3.05, 3.63) is 21.5 Å². The van der Waals surface area contributed by atoms with E-state index in [1.54, 1.807) is 13.8 Å². The van der Waals surface area contributed by atoms with Crippen LogP contribution in [0.2, 0.25) is 0 Å². The van der Waals surface area contributed by atoms with Crippen LogP contribution in [0.3, 0.4) is 0 Å². The molecule has 1 aromatic rings. The number of aliphatic hydroxyl groups is 1. The van der Waals surface area contributed by atoms with E-state index < -0.39 is 11.0 Å². The van der Waals surface area contributed by atoms with Gasteiger partial charge in [-0.2, -0.15) is 5.10 Å². The summed E-state index contributed by atoms with van der Waals surface area (Å²) in [6.45, 7) is 7.67. The van der Waals surface area contributed by atoms with Crippen molar-refractivity contribution in [3.8, 4) is 0 Å². The van der Waals surface area contributed by atoms with Gasteiger partial charge >= 0.3 is 5.69 Å². The van der Waals surface area contributed by atoms with Crippen molar-refractivity contribution in [3.63, 3.8) is 0 Å². The van der Waals surface area contributed by atoms with Crippen LogP contribution in [0.15, 0.2) is 0 Å². The zero-order valence-electron chi connectivity index (χ0n) is 12.1. The summed E-state index contributed by atoms with van der Waals surface area (Å²) in [6.07, 6.45) is -0.658. The lowest BCUT2D eigenvalue weighted by atomic mass is 10.3. The number of nitrogens with one attached hydrogen (secondary N) is 1. The van der Waals surface area contributed by atoms with E-state index in [2.05, 4.69) is 10.4 Å². The first-order valence-corrected chi connectivity index (χ1v) is 6.62. The van der Waals surface area contributed by atoms with Gasteiger partial charge in [0.1, 0.15) is 11.4 Å². The number of hydrogen-bond acceptors (Lipinski definition) is 6. The van der Waals surface area contributed by atoms with Gasteiger partial charge in [-0.3, -0.25) is 14.8 Å². The van der Waals surface area contributed by atoms with E-state index in [0.717, 1.165) is 0 Å². The monoisotopic (exact) mass is 286 g/mol. The molecule has 0 bridgehead atoms. The topological polar surface area (TPSA) is 102 Å². The Morgan fingerprint density at radius 1 is 1.55 bits per heavy atom. The van der Waals surface area contributed by atoms with Crippen molar-refractivity contribution in [2.45, 2.75) is 33.4 Å². The van der Waals surface area contributed by atoms with E-state index >= 15 is 0 Å². The summed E-state index contributed by atoms with van der Waals surface area (Å²) in [6, 6.07) is 0. The Bertz CT molecular complexity index is 447. The molecule has 0 aliphatic heterocycles. The van der Waals surface area contributed by atoms with Crippen LogP contribution in [-0.4, -0.2) is 52.2 Å². The molecule has 8 nitrogen and oxygen atoms in total. The summed E-state index contributed by atoms with van der Waals surface area (Å²) in [7, 11) is 0. The van der Waals surface area contributed by atoms with E-state index in [1.807, 2.05) is 6.92 Å². The largest absolute Gasteiger partial charge is 0.390 e. The van der Waals surface area contributed by atoms with Gasteiger partial charge in [-0.15, -0.1) is 0 Å². The van der Waals surface area contributed by atoms with Gasteiger partial charge in [0.15, 0.2) is 0 Å². The molecule has 0 fully saturated rings. The average molecular weight is 286 g/mol.